The molecule has 0 bridgehead atoms. The van der Waals surface area contributed by atoms with Crippen LogP contribution >= 0.6 is 0 Å². The topological polar surface area (TPSA) is 24.9 Å². The molecule has 0 unspecified atom stereocenters. The Hall–Kier alpha value is -1.10. The molecule has 4 heteroatoms. The van der Waals surface area contributed by atoms with Crippen LogP contribution in [0.25, 0.3) is 0 Å². The first kappa shape index (κ1) is 16.3. The second-order valence-electron chi connectivity index (χ2n) is 6.08. The molecular weight excluding hydrogens is 264 g/mol. The summed E-state index contributed by atoms with van der Waals surface area (Å²) in [6.45, 7) is 9.09. The van der Waals surface area contributed by atoms with Crippen LogP contribution in [0.5, 0.6) is 5.75 Å². The third-order valence-corrected chi connectivity index (χ3v) is 4.10. The van der Waals surface area contributed by atoms with E-state index in [1.54, 1.807) is 7.11 Å². The standard InChI is InChI=1S/C17H28N2O2/c1-14-11-18(3)12-15(2)19(14)13-16-6-5-7-17(10-16)21-9-8-20-4/h5-7,10,14-15H,8-9,11-13H2,1-4H3/t14-,15-/m0/s1. The zero-order valence-electron chi connectivity index (χ0n) is 13.7. The average Bonchev–Trinajstić information content (AvgIpc) is 2.44. The molecule has 4 nitrogen and oxygen atoms in total. The lowest BCUT2D eigenvalue weighted by molar-refractivity contribution is 0.0458. The summed E-state index contributed by atoms with van der Waals surface area (Å²) in [4.78, 5) is 4.99. The highest BCUT2D eigenvalue weighted by Gasteiger charge is 2.27. The lowest BCUT2D eigenvalue weighted by atomic mass is 10.1. The maximum absolute atomic E-state index is 5.70. The number of hydrogen-bond acceptors (Lipinski definition) is 4. The van der Waals surface area contributed by atoms with Gasteiger partial charge < -0.3 is 14.4 Å². The van der Waals surface area contributed by atoms with Gasteiger partial charge in [0, 0.05) is 38.8 Å². The molecule has 1 aliphatic heterocycles. The molecule has 0 aliphatic carbocycles. The van der Waals surface area contributed by atoms with E-state index in [1.165, 1.54) is 5.56 Å². The van der Waals surface area contributed by atoms with E-state index in [0.717, 1.165) is 25.4 Å². The summed E-state index contributed by atoms with van der Waals surface area (Å²) in [5, 5.41) is 0. The van der Waals surface area contributed by atoms with Crippen LogP contribution in [0.4, 0.5) is 0 Å². The van der Waals surface area contributed by atoms with Gasteiger partial charge in [-0.05, 0) is 38.6 Å². The number of benzene rings is 1. The van der Waals surface area contributed by atoms with Crippen molar-refractivity contribution in [1.82, 2.24) is 9.80 Å². The third kappa shape index (κ3) is 4.70. The van der Waals surface area contributed by atoms with Crippen molar-refractivity contribution in [2.75, 3.05) is 40.5 Å². The van der Waals surface area contributed by atoms with E-state index in [2.05, 4.69) is 48.9 Å². The Kier molecular flexibility index (Phi) is 6.03. The largest absolute Gasteiger partial charge is 0.491 e. The molecule has 1 aliphatic rings. The van der Waals surface area contributed by atoms with Gasteiger partial charge in [0.1, 0.15) is 12.4 Å². The second kappa shape index (κ2) is 7.78. The first-order valence-corrected chi connectivity index (χ1v) is 7.75. The van der Waals surface area contributed by atoms with E-state index >= 15 is 0 Å². The van der Waals surface area contributed by atoms with Gasteiger partial charge in [0.15, 0.2) is 0 Å². The number of piperazine rings is 1. The van der Waals surface area contributed by atoms with Crippen molar-refractivity contribution in [1.29, 1.82) is 0 Å². The predicted octanol–water partition coefficient (Wildman–Crippen LogP) is 2.24. The van der Waals surface area contributed by atoms with E-state index in [-0.39, 0.29) is 0 Å². The van der Waals surface area contributed by atoms with E-state index in [1.807, 2.05) is 6.07 Å². The molecular formula is C17H28N2O2. The fraction of sp³-hybridized carbons (Fsp3) is 0.647. The van der Waals surface area contributed by atoms with Gasteiger partial charge in [-0.15, -0.1) is 0 Å². The smallest absolute Gasteiger partial charge is 0.119 e. The molecule has 21 heavy (non-hydrogen) atoms. The van der Waals surface area contributed by atoms with Gasteiger partial charge in [-0.3, -0.25) is 4.90 Å². The molecule has 0 amide bonds. The minimum Gasteiger partial charge on any atom is -0.491 e. The van der Waals surface area contributed by atoms with Gasteiger partial charge >= 0.3 is 0 Å². The van der Waals surface area contributed by atoms with Crippen molar-refractivity contribution in [2.45, 2.75) is 32.5 Å². The predicted molar refractivity (Wildman–Crippen MR) is 85.8 cm³/mol. The number of hydrogen-bond donors (Lipinski definition) is 0. The van der Waals surface area contributed by atoms with E-state index in [4.69, 9.17) is 9.47 Å². The highest BCUT2D eigenvalue weighted by Crippen LogP contribution is 2.20. The number of nitrogens with zero attached hydrogens (tertiary/aromatic N) is 2. The lowest BCUT2D eigenvalue weighted by Gasteiger charge is -2.43. The van der Waals surface area contributed by atoms with Crippen LogP contribution in [0.15, 0.2) is 24.3 Å². The van der Waals surface area contributed by atoms with Gasteiger partial charge in [0.25, 0.3) is 0 Å². The van der Waals surface area contributed by atoms with Gasteiger partial charge in [0.2, 0.25) is 0 Å². The summed E-state index contributed by atoms with van der Waals surface area (Å²) in [6, 6.07) is 9.57. The molecule has 0 radical (unpaired) electrons. The van der Waals surface area contributed by atoms with Crippen LogP contribution in [0.2, 0.25) is 0 Å². The van der Waals surface area contributed by atoms with Crippen LogP contribution in [-0.2, 0) is 11.3 Å². The Labute approximate surface area is 128 Å². The number of methoxy groups -OCH3 is 1. The van der Waals surface area contributed by atoms with Gasteiger partial charge in [-0.2, -0.15) is 0 Å². The first-order valence-electron chi connectivity index (χ1n) is 7.75. The number of likely N-dealkylation sites (N-methyl/N-ethyl adjacent to an activating group) is 1. The summed E-state index contributed by atoms with van der Waals surface area (Å²) in [5.74, 6) is 0.930. The Bertz CT molecular complexity index is 427. The van der Waals surface area contributed by atoms with Crippen LogP contribution < -0.4 is 4.74 Å². The Morgan fingerprint density at radius 3 is 2.52 bits per heavy atom. The highest BCUT2D eigenvalue weighted by atomic mass is 16.5. The van der Waals surface area contributed by atoms with Crippen molar-refractivity contribution in [3.05, 3.63) is 29.8 Å². The van der Waals surface area contributed by atoms with Gasteiger partial charge in [0.05, 0.1) is 6.61 Å². The van der Waals surface area contributed by atoms with Crippen molar-refractivity contribution < 1.29 is 9.47 Å². The van der Waals surface area contributed by atoms with Gasteiger partial charge in [-0.25, -0.2) is 0 Å². The quantitative estimate of drug-likeness (QED) is 0.751. The second-order valence-corrected chi connectivity index (χ2v) is 6.08. The Morgan fingerprint density at radius 1 is 1.14 bits per heavy atom. The summed E-state index contributed by atoms with van der Waals surface area (Å²) in [7, 11) is 3.89. The van der Waals surface area contributed by atoms with Crippen molar-refractivity contribution in [2.24, 2.45) is 0 Å². The minimum atomic E-state index is 0.580. The maximum atomic E-state index is 5.70. The van der Waals surface area contributed by atoms with Crippen molar-refractivity contribution >= 4 is 0 Å². The minimum absolute atomic E-state index is 0.580. The summed E-state index contributed by atoms with van der Waals surface area (Å²) >= 11 is 0. The molecule has 0 aromatic heterocycles. The zero-order chi connectivity index (χ0) is 15.2. The molecule has 1 aromatic carbocycles. The molecule has 1 fully saturated rings. The van der Waals surface area contributed by atoms with Crippen LogP contribution in [0, 0.1) is 0 Å². The highest BCUT2D eigenvalue weighted by molar-refractivity contribution is 5.28. The van der Waals surface area contributed by atoms with E-state index in [9.17, 15) is 0 Å². The summed E-state index contributed by atoms with van der Waals surface area (Å²) in [6.07, 6.45) is 0. The molecule has 118 valence electrons. The Morgan fingerprint density at radius 2 is 1.86 bits per heavy atom. The lowest BCUT2D eigenvalue weighted by Crippen LogP contribution is -2.54. The number of ether oxygens (including phenoxy) is 2. The molecule has 1 saturated heterocycles. The van der Waals surface area contributed by atoms with Crippen molar-refractivity contribution in [3.63, 3.8) is 0 Å². The van der Waals surface area contributed by atoms with Crippen molar-refractivity contribution in [3.8, 4) is 5.75 Å². The van der Waals surface area contributed by atoms with Crippen LogP contribution in [-0.4, -0.2) is 62.3 Å². The fourth-order valence-corrected chi connectivity index (χ4v) is 3.12. The molecule has 0 spiro atoms. The van der Waals surface area contributed by atoms with E-state index in [0.29, 0.717) is 25.3 Å². The normalized spacial score (nSPS) is 24.2. The summed E-state index contributed by atoms with van der Waals surface area (Å²) < 4.78 is 10.7. The molecule has 1 heterocycles. The third-order valence-electron chi connectivity index (χ3n) is 4.10. The summed E-state index contributed by atoms with van der Waals surface area (Å²) in [5.41, 5.74) is 1.31. The maximum Gasteiger partial charge on any atom is 0.119 e. The molecule has 2 atom stereocenters. The molecule has 0 saturated carbocycles. The average molecular weight is 292 g/mol. The van der Waals surface area contributed by atoms with E-state index < -0.39 is 0 Å². The molecule has 0 N–H and O–H groups in total. The van der Waals surface area contributed by atoms with Crippen LogP contribution in [0.1, 0.15) is 19.4 Å². The Balaban J connectivity index is 1.97. The molecule has 1 aromatic rings. The number of rotatable bonds is 6. The first-order chi connectivity index (χ1) is 10.1. The zero-order valence-corrected chi connectivity index (χ0v) is 13.7. The molecule has 2 rings (SSSR count). The van der Waals surface area contributed by atoms with Gasteiger partial charge in [-0.1, -0.05) is 12.1 Å². The fourth-order valence-electron chi connectivity index (χ4n) is 3.12. The SMILES string of the molecule is COCCOc1cccc(CN2[C@@H](C)CN(C)C[C@@H]2C)c1. The van der Waals surface area contributed by atoms with Crippen LogP contribution in [0.3, 0.4) is 0 Å². The monoisotopic (exact) mass is 292 g/mol.